The molecule has 0 spiro atoms. The fourth-order valence-corrected chi connectivity index (χ4v) is 3.28. The zero-order valence-electron chi connectivity index (χ0n) is 13.7. The molecular formula is C17H24Cl2FN3O. The zero-order valence-corrected chi connectivity index (χ0v) is 15.3. The lowest BCUT2D eigenvalue weighted by Crippen LogP contribution is -2.29. The number of benzene rings is 1. The number of methoxy groups -OCH3 is 1. The first-order valence-corrected chi connectivity index (χ1v) is 7.78. The summed E-state index contributed by atoms with van der Waals surface area (Å²) < 4.78 is 21.4. The number of hydrogen-bond donors (Lipinski definition) is 1. The fraction of sp³-hybridized carbons (Fsp3) is 0.471. The Kier molecular flexibility index (Phi) is 8.00. The number of imidazole rings is 1. The minimum Gasteiger partial charge on any atom is -0.497 e. The van der Waals surface area contributed by atoms with E-state index in [1.54, 1.807) is 25.4 Å². The van der Waals surface area contributed by atoms with Gasteiger partial charge in [-0.25, -0.2) is 9.37 Å². The Morgan fingerprint density at radius 2 is 2.12 bits per heavy atom. The van der Waals surface area contributed by atoms with Crippen LogP contribution in [0.2, 0.25) is 0 Å². The quantitative estimate of drug-likeness (QED) is 0.876. The van der Waals surface area contributed by atoms with E-state index < -0.39 is 0 Å². The van der Waals surface area contributed by atoms with Crippen LogP contribution in [0.5, 0.6) is 5.75 Å². The molecule has 4 nitrogen and oxygen atoms in total. The van der Waals surface area contributed by atoms with Gasteiger partial charge >= 0.3 is 0 Å². The minimum absolute atomic E-state index is 0. The van der Waals surface area contributed by atoms with Crippen LogP contribution in [0.3, 0.4) is 0 Å². The Bertz CT molecular complexity index is 651. The average molecular weight is 376 g/mol. The number of aromatic nitrogens is 2. The topological polar surface area (TPSA) is 53.1 Å². The van der Waals surface area contributed by atoms with Crippen LogP contribution in [-0.4, -0.2) is 22.7 Å². The fourth-order valence-electron chi connectivity index (χ4n) is 3.28. The van der Waals surface area contributed by atoms with Gasteiger partial charge in [-0.05, 0) is 43.4 Å². The molecule has 2 aromatic rings. The van der Waals surface area contributed by atoms with Gasteiger partial charge in [0, 0.05) is 25.0 Å². The summed E-state index contributed by atoms with van der Waals surface area (Å²) in [6.45, 7) is 0.833. The van der Waals surface area contributed by atoms with Crippen molar-refractivity contribution in [2.24, 2.45) is 11.7 Å². The van der Waals surface area contributed by atoms with Gasteiger partial charge in [-0.15, -0.1) is 24.8 Å². The molecule has 1 saturated carbocycles. The number of nitrogens with two attached hydrogens (primary N) is 1. The average Bonchev–Trinajstić information content (AvgIpc) is 2.96. The third kappa shape index (κ3) is 4.62. The summed E-state index contributed by atoms with van der Waals surface area (Å²) in [7, 11) is 1.58. The van der Waals surface area contributed by atoms with Crippen molar-refractivity contribution in [2.75, 3.05) is 7.11 Å². The van der Waals surface area contributed by atoms with Gasteiger partial charge in [-0.1, -0.05) is 6.42 Å². The normalized spacial score (nSPS) is 20.0. The SMILES string of the molecule is COc1ccc(F)c(-c2nccn2C[C@H]2CCC[C@@H](N)C2)c1.Cl.Cl. The number of rotatable bonds is 4. The summed E-state index contributed by atoms with van der Waals surface area (Å²) in [6.07, 6.45) is 8.11. The maximum absolute atomic E-state index is 14.2. The second-order valence-corrected chi connectivity index (χ2v) is 6.04. The largest absolute Gasteiger partial charge is 0.497 e. The Labute approximate surface area is 154 Å². The van der Waals surface area contributed by atoms with Crippen LogP contribution >= 0.6 is 24.8 Å². The van der Waals surface area contributed by atoms with Gasteiger partial charge in [0.15, 0.2) is 0 Å². The van der Waals surface area contributed by atoms with Crippen molar-refractivity contribution in [1.82, 2.24) is 9.55 Å². The maximum Gasteiger partial charge on any atom is 0.142 e. The summed E-state index contributed by atoms with van der Waals surface area (Å²) >= 11 is 0. The number of halogens is 3. The van der Waals surface area contributed by atoms with Crippen molar-refractivity contribution in [3.8, 4) is 17.1 Å². The van der Waals surface area contributed by atoms with E-state index >= 15 is 0 Å². The second-order valence-electron chi connectivity index (χ2n) is 6.04. The molecule has 0 unspecified atom stereocenters. The van der Waals surface area contributed by atoms with Gasteiger partial charge in [0.25, 0.3) is 0 Å². The summed E-state index contributed by atoms with van der Waals surface area (Å²) in [5.74, 6) is 1.53. The van der Waals surface area contributed by atoms with Crippen LogP contribution in [0, 0.1) is 11.7 Å². The molecule has 2 N–H and O–H groups in total. The van der Waals surface area contributed by atoms with Gasteiger partial charge in [-0.3, -0.25) is 0 Å². The molecule has 24 heavy (non-hydrogen) atoms. The van der Waals surface area contributed by atoms with E-state index in [0.29, 0.717) is 29.1 Å². The highest BCUT2D eigenvalue weighted by atomic mass is 35.5. The molecular weight excluding hydrogens is 352 g/mol. The second kappa shape index (κ2) is 9.25. The molecule has 1 fully saturated rings. The van der Waals surface area contributed by atoms with Crippen molar-refractivity contribution >= 4 is 24.8 Å². The molecule has 0 saturated heterocycles. The monoisotopic (exact) mass is 375 g/mol. The van der Waals surface area contributed by atoms with Crippen molar-refractivity contribution < 1.29 is 9.13 Å². The van der Waals surface area contributed by atoms with Crippen LogP contribution in [0.1, 0.15) is 25.7 Å². The molecule has 2 atom stereocenters. The Hall–Kier alpha value is -1.30. The van der Waals surface area contributed by atoms with Crippen LogP contribution in [0.25, 0.3) is 11.4 Å². The highest BCUT2D eigenvalue weighted by molar-refractivity contribution is 5.85. The summed E-state index contributed by atoms with van der Waals surface area (Å²) in [4.78, 5) is 4.34. The number of ether oxygens (including phenoxy) is 1. The van der Waals surface area contributed by atoms with E-state index in [-0.39, 0.29) is 30.6 Å². The predicted molar refractivity (Wildman–Crippen MR) is 98.6 cm³/mol. The van der Waals surface area contributed by atoms with Gasteiger partial charge in [0.1, 0.15) is 17.4 Å². The zero-order chi connectivity index (χ0) is 15.5. The third-order valence-electron chi connectivity index (χ3n) is 4.41. The number of hydrogen-bond acceptors (Lipinski definition) is 3. The van der Waals surface area contributed by atoms with Gasteiger partial charge in [-0.2, -0.15) is 0 Å². The standard InChI is InChI=1S/C17H22FN3O.2ClH/c1-22-14-5-6-16(18)15(10-14)17-20-7-8-21(17)11-12-3-2-4-13(19)9-12;;/h5-8,10,12-13H,2-4,9,11,19H2,1H3;2*1H/t12-,13+;;/m0../s1. The van der Waals surface area contributed by atoms with E-state index in [1.807, 2.05) is 10.8 Å². The molecule has 0 bridgehead atoms. The van der Waals surface area contributed by atoms with Crippen LogP contribution in [0.15, 0.2) is 30.6 Å². The molecule has 0 aliphatic heterocycles. The first-order chi connectivity index (χ1) is 10.7. The minimum atomic E-state index is -0.284. The van der Waals surface area contributed by atoms with Crippen molar-refractivity contribution in [1.29, 1.82) is 0 Å². The van der Waals surface area contributed by atoms with E-state index in [2.05, 4.69) is 4.98 Å². The van der Waals surface area contributed by atoms with E-state index in [4.69, 9.17) is 10.5 Å². The lowest BCUT2D eigenvalue weighted by Gasteiger charge is -2.27. The Morgan fingerprint density at radius 1 is 1.33 bits per heavy atom. The van der Waals surface area contributed by atoms with Crippen molar-refractivity contribution in [3.63, 3.8) is 0 Å². The van der Waals surface area contributed by atoms with E-state index in [1.165, 1.54) is 18.9 Å². The summed E-state index contributed by atoms with van der Waals surface area (Å²) in [5.41, 5.74) is 6.54. The highest BCUT2D eigenvalue weighted by Gasteiger charge is 2.21. The van der Waals surface area contributed by atoms with Crippen LogP contribution in [-0.2, 0) is 6.54 Å². The van der Waals surface area contributed by atoms with Gasteiger partial charge in [0.2, 0.25) is 0 Å². The molecule has 1 aromatic carbocycles. The van der Waals surface area contributed by atoms with Crippen molar-refractivity contribution in [2.45, 2.75) is 38.3 Å². The van der Waals surface area contributed by atoms with Gasteiger partial charge in [0.05, 0.1) is 12.7 Å². The molecule has 0 radical (unpaired) electrons. The summed E-state index contributed by atoms with van der Waals surface area (Å²) in [6, 6.07) is 5.02. The molecule has 1 aliphatic rings. The van der Waals surface area contributed by atoms with Crippen LogP contribution < -0.4 is 10.5 Å². The van der Waals surface area contributed by atoms with Crippen LogP contribution in [0.4, 0.5) is 4.39 Å². The molecule has 0 amide bonds. The Morgan fingerprint density at radius 3 is 2.83 bits per heavy atom. The lowest BCUT2D eigenvalue weighted by molar-refractivity contribution is 0.291. The first kappa shape index (κ1) is 20.7. The van der Waals surface area contributed by atoms with E-state index in [0.717, 1.165) is 19.4 Å². The molecule has 1 aromatic heterocycles. The smallest absolute Gasteiger partial charge is 0.142 e. The molecule has 1 heterocycles. The molecule has 1 aliphatic carbocycles. The molecule has 3 rings (SSSR count). The van der Waals surface area contributed by atoms with E-state index in [9.17, 15) is 4.39 Å². The first-order valence-electron chi connectivity index (χ1n) is 7.78. The predicted octanol–water partition coefficient (Wildman–Crippen LogP) is 4.06. The maximum atomic E-state index is 14.2. The summed E-state index contributed by atoms with van der Waals surface area (Å²) in [5, 5.41) is 0. The van der Waals surface area contributed by atoms with Crippen molar-refractivity contribution in [3.05, 3.63) is 36.4 Å². The molecule has 134 valence electrons. The molecule has 7 heteroatoms. The lowest BCUT2D eigenvalue weighted by atomic mass is 9.86. The highest BCUT2D eigenvalue weighted by Crippen LogP contribution is 2.29. The third-order valence-corrected chi connectivity index (χ3v) is 4.41. The Balaban J connectivity index is 0.00000144. The van der Waals surface area contributed by atoms with Gasteiger partial charge < -0.3 is 15.0 Å². The number of nitrogens with zero attached hydrogens (tertiary/aromatic N) is 2.